The van der Waals surface area contributed by atoms with Gasteiger partial charge < -0.3 is 9.47 Å². The van der Waals surface area contributed by atoms with E-state index in [0.29, 0.717) is 17.5 Å². The summed E-state index contributed by atoms with van der Waals surface area (Å²) >= 11 is 0. The van der Waals surface area contributed by atoms with Crippen LogP contribution in [-0.2, 0) is 15.9 Å². The smallest absolute Gasteiger partial charge is 0.337 e. The van der Waals surface area contributed by atoms with Crippen molar-refractivity contribution in [2.75, 3.05) is 13.7 Å². The Morgan fingerprint density at radius 2 is 1.77 bits per heavy atom. The number of methoxy groups -OCH3 is 1. The number of rotatable bonds is 3. The van der Waals surface area contributed by atoms with Crippen molar-refractivity contribution in [3.8, 4) is 0 Å². The molecule has 0 aliphatic carbocycles. The number of hydrogen-bond acceptors (Lipinski definition) is 5. The first-order valence-electron chi connectivity index (χ1n) is 10.3. The summed E-state index contributed by atoms with van der Waals surface area (Å²) in [5.41, 5.74) is 3.03. The summed E-state index contributed by atoms with van der Waals surface area (Å²) in [6.45, 7) is 6.72. The summed E-state index contributed by atoms with van der Waals surface area (Å²) in [5, 5.41) is 3.88. The summed E-state index contributed by atoms with van der Waals surface area (Å²) in [5.74, 6) is -0.424. The van der Waals surface area contributed by atoms with Gasteiger partial charge in [-0.3, -0.25) is 4.79 Å². The minimum Gasteiger partial charge on any atom is -0.465 e. The van der Waals surface area contributed by atoms with E-state index >= 15 is 0 Å². The highest BCUT2D eigenvalue weighted by molar-refractivity contribution is 5.94. The molecule has 0 saturated carbocycles. The first-order chi connectivity index (χ1) is 14.3. The van der Waals surface area contributed by atoms with Gasteiger partial charge in [-0.25, -0.2) is 14.8 Å². The highest BCUT2D eigenvalue weighted by Crippen LogP contribution is 2.43. The van der Waals surface area contributed by atoms with Gasteiger partial charge in [-0.05, 0) is 62.6 Å². The van der Waals surface area contributed by atoms with E-state index in [2.05, 4.69) is 5.01 Å². The number of fused-ring (bicyclic) bond motifs is 3. The molecule has 6 heteroatoms. The Balaban J connectivity index is 1.72. The molecule has 2 aliphatic heterocycles. The van der Waals surface area contributed by atoms with Gasteiger partial charge in [-0.1, -0.05) is 24.3 Å². The molecule has 1 saturated heterocycles. The quantitative estimate of drug-likeness (QED) is 0.719. The van der Waals surface area contributed by atoms with Crippen LogP contribution >= 0.6 is 0 Å². The zero-order valence-corrected chi connectivity index (χ0v) is 17.9. The molecule has 4 rings (SSSR count). The molecule has 0 bridgehead atoms. The maximum Gasteiger partial charge on any atom is 0.337 e. The number of carbonyl (C=O) groups is 2. The molecule has 6 nitrogen and oxygen atoms in total. The SMILES string of the molecule is COC(=O)c1ccc2c(c1)[C@H]1C[C@H](OC(C)(C)C)N(C(=O)c3ccccc3)N1CC2. The normalized spacial score (nSPS) is 21.1. The highest BCUT2D eigenvalue weighted by atomic mass is 16.5. The van der Waals surface area contributed by atoms with Crippen LogP contribution in [0.15, 0.2) is 48.5 Å². The maximum absolute atomic E-state index is 13.5. The lowest BCUT2D eigenvalue weighted by molar-refractivity contribution is -0.146. The summed E-state index contributed by atoms with van der Waals surface area (Å²) < 4.78 is 11.2. The van der Waals surface area contributed by atoms with Crippen LogP contribution in [0.25, 0.3) is 0 Å². The van der Waals surface area contributed by atoms with Crippen LogP contribution in [0.3, 0.4) is 0 Å². The van der Waals surface area contributed by atoms with E-state index in [9.17, 15) is 9.59 Å². The molecule has 0 unspecified atom stereocenters. The van der Waals surface area contributed by atoms with Crippen LogP contribution < -0.4 is 0 Å². The molecular formula is C24H28N2O4. The van der Waals surface area contributed by atoms with Crippen molar-refractivity contribution in [3.05, 3.63) is 70.8 Å². The number of nitrogens with zero attached hydrogens (tertiary/aromatic N) is 2. The van der Waals surface area contributed by atoms with Gasteiger partial charge in [0.1, 0.15) is 6.23 Å². The van der Waals surface area contributed by atoms with Crippen LogP contribution in [0.2, 0.25) is 0 Å². The minimum absolute atomic E-state index is 0.0293. The van der Waals surface area contributed by atoms with Crippen molar-refractivity contribution in [3.63, 3.8) is 0 Å². The van der Waals surface area contributed by atoms with Gasteiger partial charge in [-0.2, -0.15) is 0 Å². The van der Waals surface area contributed by atoms with Crippen molar-refractivity contribution in [1.29, 1.82) is 0 Å². The van der Waals surface area contributed by atoms with E-state index in [4.69, 9.17) is 9.47 Å². The number of ether oxygens (including phenoxy) is 2. The molecule has 1 amide bonds. The van der Waals surface area contributed by atoms with Crippen molar-refractivity contribution in [1.82, 2.24) is 10.0 Å². The van der Waals surface area contributed by atoms with E-state index in [1.54, 1.807) is 5.01 Å². The average Bonchev–Trinajstić information content (AvgIpc) is 3.09. The predicted molar refractivity (Wildman–Crippen MR) is 113 cm³/mol. The number of carbonyl (C=O) groups excluding carboxylic acids is 2. The number of hydrogen-bond donors (Lipinski definition) is 0. The fourth-order valence-electron chi connectivity index (χ4n) is 4.36. The van der Waals surface area contributed by atoms with Gasteiger partial charge in [0.05, 0.1) is 24.3 Å². The first kappa shape index (κ1) is 20.6. The minimum atomic E-state index is -0.398. The number of hydrazine groups is 1. The lowest BCUT2D eigenvalue weighted by atomic mass is 9.91. The molecule has 2 aliphatic rings. The van der Waals surface area contributed by atoms with Gasteiger partial charge in [0.25, 0.3) is 5.91 Å². The summed E-state index contributed by atoms with van der Waals surface area (Å²) in [4.78, 5) is 25.5. The van der Waals surface area contributed by atoms with Crippen LogP contribution in [0.5, 0.6) is 0 Å². The van der Waals surface area contributed by atoms with Crippen molar-refractivity contribution in [2.24, 2.45) is 0 Å². The molecule has 30 heavy (non-hydrogen) atoms. The topological polar surface area (TPSA) is 59.1 Å². The summed E-state index contributed by atoms with van der Waals surface area (Å²) in [7, 11) is 1.39. The zero-order valence-electron chi connectivity index (χ0n) is 17.9. The largest absolute Gasteiger partial charge is 0.465 e. The first-order valence-corrected chi connectivity index (χ1v) is 10.3. The van der Waals surface area contributed by atoms with Crippen molar-refractivity contribution >= 4 is 11.9 Å². The monoisotopic (exact) mass is 408 g/mol. The fraction of sp³-hybridized carbons (Fsp3) is 0.417. The van der Waals surface area contributed by atoms with Gasteiger partial charge in [-0.15, -0.1) is 0 Å². The highest BCUT2D eigenvalue weighted by Gasteiger charge is 2.47. The third-order valence-electron chi connectivity index (χ3n) is 5.59. The Morgan fingerprint density at radius 3 is 2.43 bits per heavy atom. The molecule has 1 fully saturated rings. The number of amides is 1. The van der Waals surface area contributed by atoms with Gasteiger partial charge in [0.15, 0.2) is 0 Å². The standard InChI is InChI=1S/C24H28N2O4/c1-24(2,3)30-21-15-20-19-14-18(23(28)29-4)11-10-16(19)12-13-25(20)26(21)22(27)17-8-6-5-7-9-17/h5-11,14,20-21H,12-13,15H2,1-4H3/t20-,21+/m1/s1. The molecule has 0 aromatic heterocycles. The molecule has 2 atom stereocenters. The molecule has 2 heterocycles. The van der Waals surface area contributed by atoms with Gasteiger partial charge >= 0.3 is 5.97 Å². The van der Waals surface area contributed by atoms with Crippen LogP contribution in [-0.4, -0.2) is 47.4 Å². The second kappa shape index (κ2) is 7.85. The Morgan fingerprint density at radius 1 is 1.03 bits per heavy atom. The van der Waals surface area contributed by atoms with E-state index in [-0.39, 0.29) is 24.1 Å². The third-order valence-corrected chi connectivity index (χ3v) is 5.59. The molecule has 158 valence electrons. The number of benzene rings is 2. The Hall–Kier alpha value is -2.70. The predicted octanol–water partition coefficient (Wildman–Crippen LogP) is 3.97. The second-order valence-electron chi connectivity index (χ2n) is 8.77. The molecular weight excluding hydrogens is 380 g/mol. The van der Waals surface area contributed by atoms with Gasteiger partial charge in [0.2, 0.25) is 0 Å². The Bertz CT molecular complexity index is 951. The van der Waals surface area contributed by atoms with Crippen molar-refractivity contribution in [2.45, 2.75) is 51.5 Å². The second-order valence-corrected chi connectivity index (χ2v) is 8.77. The molecule has 2 aromatic carbocycles. The average molecular weight is 408 g/mol. The van der Waals surface area contributed by atoms with E-state index in [1.165, 1.54) is 12.7 Å². The van der Waals surface area contributed by atoms with Crippen LogP contribution in [0, 0.1) is 0 Å². The summed E-state index contributed by atoms with van der Waals surface area (Å²) in [6, 6.07) is 15.0. The molecule has 2 aromatic rings. The number of esters is 1. The summed E-state index contributed by atoms with van der Waals surface area (Å²) in [6.07, 6.45) is 1.07. The van der Waals surface area contributed by atoms with Gasteiger partial charge in [0, 0.05) is 18.5 Å². The Kier molecular flexibility index (Phi) is 5.38. The lowest BCUT2D eigenvalue weighted by Gasteiger charge is -2.38. The third kappa shape index (κ3) is 3.85. The lowest BCUT2D eigenvalue weighted by Crippen LogP contribution is -2.50. The molecule has 0 radical (unpaired) electrons. The maximum atomic E-state index is 13.5. The van der Waals surface area contributed by atoms with E-state index in [1.807, 2.05) is 69.3 Å². The van der Waals surface area contributed by atoms with Crippen LogP contribution in [0.4, 0.5) is 0 Å². The Labute approximate surface area is 177 Å². The molecule has 0 N–H and O–H groups in total. The van der Waals surface area contributed by atoms with E-state index < -0.39 is 5.60 Å². The fourth-order valence-corrected chi connectivity index (χ4v) is 4.36. The van der Waals surface area contributed by atoms with E-state index in [0.717, 1.165) is 18.5 Å². The van der Waals surface area contributed by atoms with Crippen molar-refractivity contribution < 1.29 is 19.1 Å². The zero-order chi connectivity index (χ0) is 21.5. The van der Waals surface area contributed by atoms with Crippen LogP contribution in [0.1, 0.15) is 65.1 Å². The molecule has 0 spiro atoms.